The lowest BCUT2D eigenvalue weighted by molar-refractivity contribution is 0.0973. The van der Waals surface area contributed by atoms with Crippen LogP contribution in [0.4, 0.5) is 0 Å². The highest BCUT2D eigenvalue weighted by Crippen LogP contribution is 2.28. The third kappa shape index (κ3) is 2.35. The Labute approximate surface area is 129 Å². The summed E-state index contributed by atoms with van der Waals surface area (Å²) in [4.78, 5) is 25.1. The predicted molar refractivity (Wildman–Crippen MR) is 84.5 cm³/mol. The van der Waals surface area contributed by atoms with Gasteiger partial charge in [-0.25, -0.2) is 0 Å². The highest BCUT2D eigenvalue weighted by atomic mass is 16.5. The first-order chi connectivity index (χ1) is 10.6. The average molecular weight is 292 g/mol. The summed E-state index contributed by atoms with van der Waals surface area (Å²) in [6, 6.07) is 14.5. The summed E-state index contributed by atoms with van der Waals surface area (Å²) in [6.45, 7) is 1.73. The summed E-state index contributed by atoms with van der Waals surface area (Å²) in [6.07, 6.45) is 0.432. The highest BCUT2D eigenvalue weighted by molar-refractivity contribution is 6.26. The van der Waals surface area contributed by atoms with E-state index in [1.54, 1.807) is 38.3 Å². The van der Waals surface area contributed by atoms with Gasteiger partial charge in [-0.1, -0.05) is 36.4 Å². The third-order valence-electron chi connectivity index (χ3n) is 4.00. The minimum Gasteiger partial charge on any atom is -0.497 e. The van der Waals surface area contributed by atoms with Gasteiger partial charge in [0, 0.05) is 28.7 Å². The van der Waals surface area contributed by atoms with Crippen LogP contribution in [-0.4, -0.2) is 18.7 Å². The topological polar surface area (TPSA) is 43.4 Å². The number of ether oxygens (including phenoxy) is 1. The third-order valence-corrected chi connectivity index (χ3v) is 4.00. The predicted octanol–water partition coefficient (Wildman–Crippen LogP) is 3.63. The molecule has 110 valence electrons. The number of methoxy groups -OCH3 is 1. The Bertz CT molecular complexity index is 800. The smallest absolute Gasteiger partial charge is 0.190 e. The fraction of sp³-hybridized carbons (Fsp3) is 0.158. The zero-order valence-electron chi connectivity index (χ0n) is 12.6. The molecule has 0 aromatic heterocycles. The number of benzene rings is 2. The molecule has 0 atom stereocenters. The molecular formula is C19H16O3. The molecule has 1 aliphatic rings. The van der Waals surface area contributed by atoms with Crippen LogP contribution in [0.1, 0.15) is 33.2 Å². The molecule has 0 amide bonds. The first-order valence-corrected chi connectivity index (χ1v) is 7.13. The molecule has 0 bridgehead atoms. The molecule has 22 heavy (non-hydrogen) atoms. The Morgan fingerprint density at radius 3 is 2.27 bits per heavy atom. The van der Waals surface area contributed by atoms with Crippen LogP contribution < -0.4 is 4.74 Å². The molecule has 0 radical (unpaired) electrons. The highest BCUT2D eigenvalue weighted by Gasteiger charge is 2.29. The first-order valence-electron chi connectivity index (χ1n) is 7.13. The lowest BCUT2D eigenvalue weighted by Gasteiger charge is -2.19. The number of hydrogen-bond acceptors (Lipinski definition) is 3. The Morgan fingerprint density at radius 2 is 1.59 bits per heavy atom. The van der Waals surface area contributed by atoms with Crippen molar-refractivity contribution in [2.24, 2.45) is 0 Å². The number of carbonyl (C=O) groups is 2. The lowest BCUT2D eigenvalue weighted by atomic mass is 9.82. The molecule has 3 nitrogen and oxygen atoms in total. The van der Waals surface area contributed by atoms with Gasteiger partial charge >= 0.3 is 0 Å². The summed E-state index contributed by atoms with van der Waals surface area (Å²) in [5.41, 5.74) is 3.05. The van der Waals surface area contributed by atoms with Crippen LogP contribution in [0.2, 0.25) is 0 Å². The number of carbonyl (C=O) groups excluding carboxylic acids is 2. The lowest BCUT2D eigenvalue weighted by Crippen LogP contribution is -2.22. The average Bonchev–Trinajstić information content (AvgIpc) is 2.57. The zero-order chi connectivity index (χ0) is 15.7. The van der Waals surface area contributed by atoms with Crippen molar-refractivity contribution in [2.75, 3.05) is 7.11 Å². The molecule has 0 saturated heterocycles. The Hall–Kier alpha value is -2.68. The van der Waals surface area contributed by atoms with Gasteiger partial charge in [-0.15, -0.1) is 0 Å². The molecule has 0 saturated carbocycles. The molecule has 2 aromatic rings. The van der Waals surface area contributed by atoms with Crippen LogP contribution in [-0.2, 0) is 6.42 Å². The second-order valence-corrected chi connectivity index (χ2v) is 5.34. The molecule has 0 unspecified atom stereocenters. The Morgan fingerprint density at radius 1 is 0.909 bits per heavy atom. The van der Waals surface area contributed by atoms with Crippen LogP contribution in [0.25, 0.3) is 0 Å². The van der Waals surface area contributed by atoms with Crippen molar-refractivity contribution < 1.29 is 14.3 Å². The van der Waals surface area contributed by atoms with Gasteiger partial charge in [0.2, 0.25) is 0 Å². The maximum atomic E-state index is 12.7. The van der Waals surface area contributed by atoms with Crippen molar-refractivity contribution in [3.63, 3.8) is 0 Å². The Balaban J connectivity index is 2.01. The van der Waals surface area contributed by atoms with E-state index in [0.717, 1.165) is 11.3 Å². The number of fused-ring (bicyclic) bond motifs is 1. The van der Waals surface area contributed by atoms with Crippen molar-refractivity contribution in [2.45, 2.75) is 13.3 Å². The zero-order valence-corrected chi connectivity index (χ0v) is 12.6. The van der Waals surface area contributed by atoms with Gasteiger partial charge in [-0.05, 0) is 24.6 Å². The van der Waals surface area contributed by atoms with Gasteiger partial charge in [0.05, 0.1) is 7.11 Å². The molecule has 0 aliphatic heterocycles. The summed E-state index contributed by atoms with van der Waals surface area (Å²) < 4.78 is 5.21. The van der Waals surface area contributed by atoms with E-state index < -0.39 is 0 Å². The van der Waals surface area contributed by atoms with Gasteiger partial charge in [-0.3, -0.25) is 9.59 Å². The fourth-order valence-electron chi connectivity index (χ4n) is 2.75. The maximum Gasteiger partial charge on any atom is 0.190 e. The molecule has 0 fully saturated rings. The molecular weight excluding hydrogens is 276 g/mol. The standard InChI is InChI=1S/C19H16O3/c1-12-17(11-13-6-5-7-14(10-13)22-2)19(21)16-9-4-3-8-15(16)18(12)20/h3-10H,11H2,1-2H3. The SMILES string of the molecule is COc1cccc(CC2=C(C)C(=O)c3ccccc3C2=O)c1. The van der Waals surface area contributed by atoms with Crippen molar-refractivity contribution in [1.82, 2.24) is 0 Å². The van der Waals surface area contributed by atoms with Crippen LogP contribution in [0.15, 0.2) is 59.7 Å². The molecule has 0 spiro atoms. The van der Waals surface area contributed by atoms with Crippen LogP contribution >= 0.6 is 0 Å². The van der Waals surface area contributed by atoms with Crippen LogP contribution in [0, 0.1) is 0 Å². The van der Waals surface area contributed by atoms with E-state index >= 15 is 0 Å². The van der Waals surface area contributed by atoms with Crippen molar-refractivity contribution >= 4 is 11.6 Å². The molecule has 1 aliphatic carbocycles. The van der Waals surface area contributed by atoms with Gasteiger partial charge in [0.25, 0.3) is 0 Å². The first kappa shape index (κ1) is 14.3. The fourth-order valence-corrected chi connectivity index (χ4v) is 2.75. The van der Waals surface area contributed by atoms with Crippen molar-refractivity contribution in [3.8, 4) is 5.75 Å². The van der Waals surface area contributed by atoms with Crippen LogP contribution in [0.5, 0.6) is 5.75 Å². The molecule has 3 rings (SSSR count). The van der Waals surface area contributed by atoms with Crippen molar-refractivity contribution in [3.05, 3.63) is 76.4 Å². The van der Waals surface area contributed by atoms with E-state index in [4.69, 9.17) is 4.74 Å². The number of hydrogen-bond donors (Lipinski definition) is 0. The van der Waals surface area contributed by atoms with E-state index in [2.05, 4.69) is 0 Å². The Kier molecular flexibility index (Phi) is 3.63. The van der Waals surface area contributed by atoms with Gasteiger partial charge in [0.1, 0.15) is 5.75 Å². The molecule has 0 heterocycles. The number of rotatable bonds is 3. The quantitative estimate of drug-likeness (QED) is 0.867. The summed E-state index contributed by atoms with van der Waals surface area (Å²) >= 11 is 0. The van der Waals surface area contributed by atoms with Crippen LogP contribution in [0.3, 0.4) is 0 Å². The monoisotopic (exact) mass is 292 g/mol. The normalized spacial score (nSPS) is 14.1. The van der Waals surface area contributed by atoms with Gasteiger partial charge in [0.15, 0.2) is 11.6 Å². The largest absolute Gasteiger partial charge is 0.497 e. The summed E-state index contributed by atoms with van der Waals surface area (Å²) in [7, 11) is 1.61. The molecule has 3 heteroatoms. The minimum absolute atomic E-state index is 0.0597. The molecule has 2 aromatic carbocycles. The number of allylic oxidation sites excluding steroid dienone is 2. The second-order valence-electron chi connectivity index (χ2n) is 5.34. The van der Waals surface area contributed by atoms with E-state index in [-0.39, 0.29) is 11.6 Å². The van der Waals surface area contributed by atoms with Gasteiger partial charge < -0.3 is 4.74 Å². The molecule has 0 N–H and O–H groups in total. The van der Waals surface area contributed by atoms with E-state index in [9.17, 15) is 9.59 Å². The summed E-state index contributed by atoms with van der Waals surface area (Å²) in [5.74, 6) is 0.620. The van der Waals surface area contributed by atoms with Gasteiger partial charge in [-0.2, -0.15) is 0 Å². The van der Waals surface area contributed by atoms with E-state index in [1.165, 1.54) is 0 Å². The second kappa shape index (κ2) is 5.60. The van der Waals surface area contributed by atoms with E-state index in [1.807, 2.05) is 24.3 Å². The van der Waals surface area contributed by atoms with Crippen molar-refractivity contribution in [1.29, 1.82) is 0 Å². The number of ketones is 2. The minimum atomic E-state index is -0.0619. The number of Topliss-reactive ketones (excluding diaryl/α,β-unsaturated/α-hetero) is 2. The summed E-state index contributed by atoms with van der Waals surface area (Å²) in [5, 5.41) is 0. The maximum absolute atomic E-state index is 12.7. The van der Waals surface area contributed by atoms with E-state index in [0.29, 0.717) is 28.7 Å².